The maximum absolute atomic E-state index is 14.2. The lowest BCUT2D eigenvalue weighted by Gasteiger charge is -2.06. The molecule has 0 aliphatic carbocycles. The maximum atomic E-state index is 14.2. The highest BCUT2D eigenvalue weighted by Gasteiger charge is 2.17. The fraction of sp³-hybridized carbons (Fsp3) is 0.125. The smallest absolute Gasteiger partial charge is 0.195 e. The number of nitrogens with two attached hydrogens (primary N) is 1. The van der Waals surface area contributed by atoms with Crippen LogP contribution in [0.2, 0.25) is 0 Å². The molecule has 30 heavy (non-hydrogen) atoms. The number of hydrogen-bond donors (Lipinski definition) is 2. The Hall–Kier alpha value is -3.50. The number of H-pyrrole nitrogens is 1. The van der Waals surface area contributed by atoms with Gasteiger partial charge in [0.2, 0.25) is 0 Å². The van der Waals surface area contributed by atoms with Crippen LogP contribution in [0.5, 0.6) is 0 Å². The van der Waals surface area contributed by atoms with E-state index in [2.05, 4.69) is 17.3 Å². The third-order valence-electron chi connectivity index (χ3n) is 4.76. The number of benzene rings is 2. The SMILES string of the molecule is C=C=C(N)/C(=C/C=C/Cc1cccc(F)c1)CCc1c[nH]c2cc(F)c(F)c(F)c12. The van der Waals surface area contributed by atoms with E-state index in [4.69, 9.17) is 5.73 Å². The first-order valence-corrected chi connectivity index (χ1v) is 9.30. The Kier molecular flexibility index (Phi) is 6.60. The van der Waals surface area contributed by atoms with Crippen molar-refractivity contribution in [1.82, 2.24) is 4.98 Å². The molecule has 2 aromatic carbocycles. The quantitative estimate of drug-likeness (QED) is 0.212. The molecule has 3 N–H and O–H groups in total. The molecule has 0 unspecified atom stereocenters. The molecule has 2 nitrogen and oxygen atoms in total. The van der Waals surface area contributed by atoms with Gasteiger partial charge in [-0.15, -0.1) is 5.73 Å². The molecule has 0 amide bonds. The monoisotopic (exact) mass is 412 g/mol. The van der Waals surface area contributed by atoms with Crippen molar-refractivity contribution in [3.05, 3.63) is 113 Å². The largest absolute Gasteiger partial charge is 0.392 e. The zero-order valence-electron chi connectivity index (χ0n) is 16.1. The summed E-state index contributed by atoms with van der Waals surface area (Å²) in [4.78, 5) is 2.76. The molecule has 6 heteroatoms. The Morgan fingerprint density at radius 1 is 1.13 bits per heavy atom. The summed E-state index contributed by atoms with van der Waals surface area (Å²) in [5, 5.41) is 0.0241. The van der Waals surface area contributed by atoms with Gasteiger partial charge in [0.25, 0.3) is 0 Å². The Morgan fingerprint density at radius 2 is 1.93 bits per heavy atom. The number of hydrogen-bond acceptors (Lipinski definition) is 1. The van der Waals surface area contributed by atoms with Gasteiger partial charge in [0, 0.05) is 17.6 Å². The number of aromatic nitrogens is 1. The van der Waals surface area contributed by atoms with E-state index in [0.29, 0.717) is 36.1 Å². The molecule has 0 radical (unpaired) electrons. The normalized spacial score (nSPS) is 11.9. The summed E-state index contributed by atoms with van der Waals surface area (Å²) in [6.07, 6.45) is 8.23. The van der Waals surface area contributed by atoms with Crippen molar-refractivity contribution >= 4 is 10.9 Å². The van der Waals surface area contributed by atoms with Gasteiger partial charge in [0.05, 0.1) is 11.2 Å². The van der Waals surface area contributed by atoms with Gasteiger partial charge >= 0.3 is 0 Å². The fourth-order valence-corrected chi connectivity index (χ4v) is 3.20. The van der Waals surface area contributed by atoms with E-state index in [1.165, 1.54) is 18.3 Å². The zero-order valence-corrected chi connectivity index (χ0v) is 16.1. The summed E-state index contributed by atoms with van der Waals surface area (Å²) >= 11 is 0. The molecule has 0 spiro atoms. The minimum absolute atomic E-state index is 0.0241. The molecule has 0 aliphatic rings. The van der Waals surface area contributed by atoms with E-state index in [1.807, 2.05) is 12.1 Å². The lowest BCUT2D eigenvalue weighted by molar-refractivity contribution is 0.453. The van der Waals surface area contributed by atoms with E-state index < -0.39 is 17.5 Å². The molecular formula is C24H20F4N2. The second-order valence-corrected chi connectivity index (χ2v) is 6.77. The van der Waals surface area contributed by atoms with Gasteiger partial charge in [-0.25, -0.2) is 17.6 Å². The highest BCUT2D eigenvalue weighted by molar-refractivity contribution is 5.84. The summed E-state index contributed by atoms with van der Waals surface area (Å²) in [7, 11) is 0. The molecule has 3 aromatic rings. The number of halogens is 4. The van der Waals surface area contributed by atoms with Crippen LogP contribution in [0.25, 0.3) is 10.9 Å². The Morgan fingerprint density at radius 3 is 2.67 bits per heavy atom. The van der Waals surface area contributed by atoms with Crippen LogP contribution in [0.15, 0.2) is 78.3 Å². The minimum atomic E-state index is -1.50. The van der Waals surface area contributed by atoms with Crippen molar-refractivity contribution < 1.29 is 17.6 Å². The van der Waals surface area contributed by atoms with E-state index in [-0.39, 0.29) is 16.7 Å². The molecule has 0 bridgehead atoms. The van der Waals surface area contributed by atoms with Crippen molar-refractivity contribution in [2.45, 2.75) is 19.3 Å². The van der Waals surface area contributed by atoms with Crippen LogP contribution in [0, 0.1) is 23.3 Å². The first-order valence-electron chi connectivity index (χ1n) is 9.30. The summed E-state index contributed by atoms with van der Waals surface area (Å²) in [6, 6.07) is 7.24. The number of nitrogens with one attached hydrogen (secondary N) is 1. The summed E-state index contributed by atoms with van der Waals surface area (Å²) in [5.74, 6) is -4.24. The summed E-state index contributed by atoms with van der Waals surface area (Å²) in [5.41, 5.74) is 11.2. The van der Waals surface area contributed by atoms with Crippen molar-refractivity contribution in [2.24, 2.45) is 5.73 Å². The molecule has 0 saturated carbocycles. The third-order valence-corrected chi connectivity index (χ3v) is 4.76. The Balaban J connectivity index is 1.77. The summed E-state index contributed by atoms with van der Waals surface area (Å²) < 4.78 is 54.4. The number of allylic oxidation sites excluding steroid dienone is 4. The lowest BCUT2D eigenvalue weighted by atomic mass is 10.0. The standard InChI is InChI=1S/C24H20F4N2/c1-2-20(29)16(8-4-3-6-15-7-5-9-18(25)12-15)10-11-17-14-30-21-13-19(26)23(27)24(28)22(17)21/h3-5,7-9,12-14,30H,1,6,10-11,29H2/b4-3+,16-8+. The van der Waals surface area contributed by atoms with Crippen molar-refractivity contribution in [3.63, 3.8) is 0 Å². The second-order valence-electron chi connectivity index (χ2n) is 6.77. The van der Waals surface area contributed by atoms with Gasteiger partial charge in [-0.1, -0.05) is 36.9 Å². The molecule has 0 aliphatic heterocycles. The number of rotatable bonds is 7. The predicted molar refractivity (Wildman–Crippen MR) is 111 cm³/mol. The minimum Gasteiger partial charge on any atom is -0.392 e. The van der Waals surface area contributed by atoms with Crippen LogP contribution in [0.3, 0.4) is 0 Å². The molecule has 1 heterocycles. The first kappa shape index (κ1) is 21.2. The van der Waals surface area contributed by atoms with Crippen LogP contribution in [-0.4, -0.2) is 4.98 Å². The Bertz CT molecular complexity index is 1180. The molecule has 0 atom stereocenters. The fourth-order valence-electron chi connectivity index (χ4n) is 3.20. The average molecular weight is 412 g/mol. The van der Waals surface area contributed by atoms with Crippen molar-refractivity contribution in [1.29, 1.82) is 0 Å². The topological polar surface area (TPSA) is 41.8 Å². The molecule has 154 valence electrons. The van der Waals surface area contributed by atoms with Crippen LogP contribution < -0.4 is 5.73 Å². The van der Waals surface area contributed by atoms with Crippen LogP contribution in [0.1, 0.15) is 17.5 Å². The van der Waals surface area contributed by atoms with Crippen LogP contribution in [0.4, 0.5) is 17.6 Å². The van der Waals surface area contributed by atoms with Crippen LogP contribution >= 0.6 is 0 Å². The average Bonchev–Trinajstić information content (AvgIpc) is 3.13. The molecule has 1 aromatic heterocycles. The maximum Gasteiger partial charge on any atom is 0.195 e. The number of aromatic amines is 1. The van der Waals surface area contributed by atoms with E-state index in [1.54, 1.807) is 18.2 Å². The molecule has 0 saturated heterocycles. The van der Waals surface area contributed by atoms with Gasteiger partial charge in [-0.2, -0.15) is 0 Å². The number of fused-ring (bicyclic) bond motifs is 1. The van der Waals surface area contributed by atoms with Gasteiger partial charge in [0.15, 0.2) is 17.5 Å². The van der Waals surface area contributed by atoms with Crippen molar-refractivity contribution in [2.75, 3.05) is 0 Å². The van der Waals surface area contributed by atoms with E-state index in [0.717, 1.165) is 11.6 Å². The summed E-state index contributed by atoms with van der Waals surface area (Å²) in [6.45, 7) is 3.55. The first-order chi connectivity index (χ1) is 14.4. The lowest BCUT2D eigenvalue weighted by Crippen LogP contribution is -2.01. The van der Waals surface area contributed by atoms with Crippen LogP contribution in [-0.2, 0) is 12.8 Å². The van der Waals surface area contributed by atoms with E-state index >= 15 is 0 Å². The molecular weight excluding hydrogens is 392 g/mol. The van der Waals surface area contributed by atoms with Crippen molar-refractivity contribution in [3.8, 4) is 0 Å². The van der Waals surface area contributed by atoms with Gasteiger partial charge < -0.3 is 10.7 Å². The van der Waals surface area contributed by atoms with Gasteiger partial charge in [-0.3, -0.25) is 0 Å². The predicted octanol–water partition coefficient (Wildman–Crippen LogP) is 6.01. The molecule has 3 rings (SSSR count). The highest BCUT2D eigenvalue weighted by Crippen LogP contribution is 2.27. The zero-order chi connectivity index (χ0) is 21.7. The second kappa shape index (κ2) is 9.33. The highest BCUT2D eigenvalue weighted by atomic mass is 19.2. The van der Waals surface area contributed by atoms with Gasteiger partial charge in [0.1, 0.15) is 5.82 Å². The Labute approximate surface area is 171 Å². The van der Waals surface area contributed by atoms with Gasteiger partial charge in [-0.05, 0) is 48.1 Å². The molecule has 0 fully saturated rings. The third kappa shape index (κ3) is 4.73. The number of aryl methyl sites for hydroxylation is 1. The van der Waals surface area contributed by atoms with E-state index in [9.17, 15) is 17.6 Å².